The van der Waals surface area contributed by atoms with E-state index in [1.165, 1.54) is 0 Å². The molecule has 4 heteroatoms. The van der Waals surface area contributed by atoms with Crippen molar-refractivity contribution in [3.63, 3.8) is 0 Å². The zero-order valence-electron chi connectivity index (χ0n) is 7.40. The van der Waals surface area contributed by atoms with Crippen LogP contribution < -0.4 is 0 Å². The number of ketones is 1. The van der Waals surface area contributed by atoms with Gasteiger partial charge in [-0.25, -0.2) is 4.39 Å². The normalized spacial score (nSPS) is 10.2. The molecule has 76 valence electrons. The van der Waals surface area contributed by atoms with Crippen molar-refractivity contribution < 1.29 is 9.18 Å². The van der Waals surface area contributed by atoms with Crippen molar-refractivity contribution in [2.24, 2.45) is 0 Å². The Bertz CT molecular complexity index is 341. The molecule has 0 atom stereocenters. The lowest BCUT2D eigenvalue weighted by atomic mass is 10.1. The Morgan fingerprint density at radius 2 is 2.21 bits per heavy atom. The minimum atomic E-state index is -0.581. The summed E-state index contributed by atoms with van der Waals surface area (Å²) in [7, 11) is 0. The second-order valence-electron chi connectivity index (χ2n) is 2.77. The maximum atomic E-state index is 12.4. The molecule has 0 amide bonds. The molecule has 0 aliphatic heterocycles. The highest BCUT2D eigenvalue weighted by Crippen LogP contribution is 2.23. The molecule has 14 heavy (non-hydrogen) atoms. The molecule has 0 fully saturated rings. The maximum Gasteiger partial charge on any atom is 0.165 e. The van der Waals surface area contributed by atoms with Crippen LogP contribution in [-0.2, 0) is 6.67 Å². The molecule has 0 saturated heterocycles. The number of carbonyl (C=O) groups excluding carboxylic acids is 1. The first kappa shape index (κ1) is 11.7. The van der Waals surface area contributed by atoms with Crippen LogP contribution in [0.2, 0.25) is 0 Å². The third-order valence-corrected chi connectivity index (χ3v) is 2.97. The van der Waals surface area contributed by atoms with Crippen LogP contribution in [0.1, 0.15) is 22.3 Å². The fraction of sp³-hybridized carbons (Fsp3) is 0.300. The molecule has 1 aromatic carbocycles. The zero-order valence-corrected chi connectivity index (χ0v) is 9.74. The largest absolute Gasteiger partial charge is 0.294 e. The molecule has 1 aromatic rings. The van der Waals surface area contributed by atoms with Gasteiger partial charge in [-0.1, -0.05) is 18.2 Å². The predicted octanol–water partition coefficient (Wildman–Crippen LogP) is 3.73. The smallest absolute Gasteiger partial charge is 0.165 e. The minimum Gasteiger partial charge on any atom is -0.294 e. The van der Waals surface area contributed by atoms with Crippen LogP contribution in [-0.4, -0.2) is 11.7 Å². The van der Waals surface area contributed by atoms with Crippen molar-refractivity contribution >= 4 is 33.3 Å². The Morgan fingerprint density at radius 1 is 1.50 bits per heavy atom. The van der Waals surface area contributed by atoms with Crippen molar-refractivity contribution in [1.29, 1.82) is 0 Å². The van der Waals surface area contributed by atoms with Crippen molar-refractivity contribution in [1.82, 2.24) is 0 Å². The van der Waals surface area contributed by atoms with Crippen LogP contribution in [0.25, 0.3) is 0 Å². The van der Waals surface area contributed by atoms with Crippen molar-refractivity contribution in [2.75, 3.05) is 5.88 Å². The fourth-order valence-corrected chi connectivity index (χ4v) is 1.88. The minimum absolute atomic E-state index is 0.0674. The van der Waals surface area contributed by atoms with E-state index < -0.39 is 6.67 Å². The molecule has 1 nitrogen and oxygen atoms in total. The van der Waals surface area contributed by atoms with Gasteiger partial charge in [-0.05, 0) is 21.5 Å². The Morgan fingerprint density at radius 3 is 2.79 bits per heavy atom. The summed E-state index contributed by atoms with van der Waals surface area (Å²) >= 11 is 8.67. The number of alkyl halides is 2. The Balaban J connectivity index is 3.03. The molecule has 0 saturated carbocycles. The Kier molecular flexibility index (Phi) is 4.55. The first-order valence-electron chi connectivity index (χ1n) is 4.13. The maximum absolute atomic E-state index is 12.4. The summed E-state index contributed by atoms with van der Waals surface area (Å²) in [5.74, 6) is 0.215. The molecule has 0 bridgehead atoms. The van der Waals surface area contributed by atoms with Gasteiger partial charge in [-0.3, -0.25) is 4.79 Å². The fourth-order valence-electron chi connectivity index (χ4n) is 1.12. The van der Waals surface area contributed by atoms with Crippen LogP contribution in [0, 0.1) is 0 Å². The average Bonchev–Trinajstić information content (AvgIpc) is 2.18. The summed E-state index contributed by atoms with van der Waals surface area (Å²) in [5, 5.41) is 0. The van der Waals surface area contributed by atoms with Gasteiger partial charge in [0.05, 0.1) is 0 Å². The highest BCUT2D eigenvalue weighted by atomic mass is 79.9. The number of benzene rings is 1. The molecule has 0 N–H and O–H groups in total. The topological polar surface area (TPSA) is 17.1 Å². The summed E-state index contributed by atoms with van der Waals surface area (Å²) in [6.45, 7) is -0.581. The molecule has 0 aliphatic carbocycles. The van der Waals surface area contributed by atoms with E-state index in [0.29, 0.717) is 15.6 Å². The van der Waals surface area contributed by atoms with Gasteiger partial charge < -0.3 is 0 Å². The average molecular weight is 280 g/mol. The third kappa shape index (κ3) is 2.55. The highest BCUT2D eigenvalue weighted by Gasteiger charge is 2.11. The summed E-state index contributed by atoms with van der Waals surface area (Å²) in [6, 6.07) is 4.97. The van der Waals surface area contributed by atoms with E-state index in [1.54, 1.807) is 18.2 Å². The zero-order chi connectivity index (χ0) is 10.6. The van der Waals surface area contributed by atoms with Gasteiger partial charge in [0, 0.05) is 22.3 Å². The molecule has 0 unspecified atom stereocenters. The van der Waals surface area contributed by atoms with Crippen molar-refractivity contribution in [3.8, 4) is 0 Å². The van der Waals surface area contributed by atoms with Gasteiger partial charge in [0.25, 0.3) is 0 Å². The Labute approximate surface area is 95.4 Å². The number of rotatable bonds is 4. The standard InChI is InChI=1S/C10H9BrClFO/c11-10-7(6-13)2-1-3-8(10)9(14)4-5-12/h1-3H,4-6H2. The third-order valence-electron chi connectivity index (χ3n) is 1.84. The second-order valence-corrected chi connectivity index (χ2v) is 3.95. The van der Waals surface area contributed by atoms with E-state index in [9.17, 15) is 9.18 Å². The first-order valence-corrected chi connectivity index (χ1v) is 5.46. The Hall–Kier alpha value is -0.410. The number of halogens is 3. The van der Waals surface area contributed by atoms with Crippen molar-refractivity contribution in [3.05, 3.63) is 33.8 Å². The number of hydrogen-bond acceptors (Lipinski definition) is 1. The van der Waals surface area contributed by atoms with Gasteiger partial charge in [0.2, 0.25) is 0 Å². The van der Waals surface area contributed by atoms with Crippen LogP contribution in [0.4, 0.5) is 4.39 Å². The van der Waals surface area contributed by atoms with Crippen LogP contribution in [0.5, 0.6) is 0 Å². The lowest BCUT2D eigenvalue weighted by molar-refractivity contribution is 0.0988. The molecule has 0 radical (unpaired) electrons. The predicted molar refractivity (Wildman–Crippen MR) is 58.6 cm³/mol. The second kappa shape index (κ2) is 5.47. The number of hydrogen-bond donors (Lipinski definition) is 0. The molecule has 0 heterocycles. The van der Waals surface area contributed by atoms with Gasteiger partial charge in [-0.2, -0.15) is 0 Å². The van der Waals surface area contributed by atoms with Gasteiger partial charge in [0.1, 0.15) is 6.67 Å². The molecule has 0 aliphatic rings. The highest BCUT2D eigenvalue weighted by molar-refractivity contribution is 9.10. The van der Waals surface area contributed by atoms with Gasteiger partial charge >= 0.3 is 0 Å². The van der Waals surface area contributed by atoms with E-state index in [1.807, 2.05) is 0 Å². The van der Waals surface area contributed by atoms with E-state index in [-0.39, 0.29) is 18.1 Å². The van der Waals surface area contributed by atoms with E-state index in [0.717, 1.165) is 0 Å². The van der Waals surface area contributed by atoms with E-state index in [4.69, 9.17) is 11.6 Å². The SMILES string of the molecule is O=C(CCCl)c1cccc(CF)c1Br. The lowest BCUT2D eigenvalue weighted by Gasteiger charge is -2.05. The molecule has 1 rings (SSSR count). The summed E-state index contributed by atoms with van der Waals surface area (Å²) in [5.41, 5.74) is 0.992. The van der Waals surface area contributed by atoms with E-state index >= 15 is 0 Å². The van der Waals surface area contributed by atoms with Crippen LogP contribution in [0.3, 0.4) is 0 Å². The molecular formula is C10H9BrClFO. The first-order chi connectivity index (χ1) is 6.70. The van der Waals surface area contributed by atoms with Crippen LogP contribution in [0.15, 0.2) is 22.7 Å². The summed E-state index contributed by atoms with van der Waals surface area (Å²) < 4.78 is 13.0. The summed E-state index contributed by atoms with van der Waals surface area (Å²) in [6.07, 6.45) is 0.274. The molecule has 0 spiro atoms. The van der Waals surface area contributed by atoms with E-state index in [2.05, 4.69) is 15.9 Å². The van der Waals surface area contributed by atoms with Gasteiger partial charge in [0.15, 0.2) is 5.78 Å². The van der Waals surface area contributed by atoms with Crippen molar-refractivity contribution in [2.45, 2.75) is 13.1 Å². The number of carbonyl (C=O) groups is 1. The monoisotopic (exact) mass is 278 g/mol. The quantitative estimate of drug-likeness (QED) is 0.606. The number of Topliss-reactive ketones (excluding diaryl/α,β-unsaturated/α-hetero) is 1. The van der Waals surface area contributed by atoms with Gasteiger partial charge in [-0.15, -0.1) is 11.6 Å². The van der Waals surface area contributed by atoms with Crippen LogP contribution >= 0.6 is 27.5 Å². The summed E-state index contributed by atoms with van der Waals surface area (Å²) in [4.78, 5) is 11.5. The lowest BCUT2D eigenvalue weighted by Crippen LogP contribution is -2.02. The molecular weight excluding hydrogens is 270 g/mol. The molecule has 0 aromatic heterocycles.